The third-order valence-corrected chi connectivity index (χ3v) is 4.60. The summed E-state index contributed by atoms with van der Waals surface area (Å²) >= 11 is 5.87. The van der Waals surface area contributed by atoms with Crippen LogP contribution >= 0.6 is 11.6 Å². The number of rotatable bonds is 6. The van der Waals surface area contributed by atoms with Crippen LogP contribution in [0.5, 0.6) is 0 Å². The molecule has 1 N–H and O–H groups in total. The van der Waals surface area contributed by atoms with Crippen molar-refractivity contribution in [2.24, 2.45) is 0 Å². The molecule has 3 rings (SSSR count). The highest BCUT2D eigenvalue weighted by Gasteiger charge is 2.22. The van der Waals surface area contributed by atoms with Crippen molar-refractivity contribution >= 4 is 34.9 Å². The monoisotopic (exact) mass is 424 g/mol. The second-order valence-electron chi connectivity index (χ2n) is 6.60. The average molecular weight is 425 g/mol. The highest BCUT2D eigenvalue weighted by Crippen LogP contribution is 2.18. The van der Waals surface area contributed by atoms with Crippen LogP contribution in [0.2, 0.25) is 5.02 Å². The Balaban J connectivity index is 1.75. The van der Waals surface area contributed by atoms with Crippen molar-refractivity contribution in [3.8, 4) is 0 Å². The summed E-state index contributed by atoms with van der Waals surface area (Å²) in [7, 11) is 1.46. The number of hydrogen-bond acceptors (Lipinski definition) is 3. The number of likely N-dealkylation sites (N-methyl/N-ethyl adjacent to an activating group) is 1. The van der Waals surface area contributed by atoms with Gasteiger partial charge in [0.15, 0.2) is 5.78 Å². The maximum atomic E-state index is 13.3. The van der Waals surface area contributed by atoms with E-state index in [2.05, 4.69) is 5.32 Å². The molecule has 0 aromatic heterocycles. The summed E-state index contributed by atoms with van der Waals surface area (Å²) in [5.74, 6) is -1.78. The van der Waals surface area contributed by atoms with Gasteiger partial charge in [-0.2, -0.15) is 0 Å². The van der Waals surface area contributed by atoms with Crippen LogP contribution < -0.4 is 5.32 Å². The molecule has 0 spiro atoms. The number of amides is 2. The topological polar surface area (TPSA) is 66.5 Å². The number of hydrogen-bond donors (Lipinski definition) is 1. The lowest BCUT2D eigenvalue weighted by atomic mass is 9.97. The van der Waals surface area contributed by atoms with Crippen LogP contribution in [0.4, 0.5) is 10.1 Å². The van der Waals surface area contributed by atoms with Crippen LogP contribution in [-0.2, 0) is 4.79 Å². The third kappa shape index (κ3) is 5.10. The van der Waals surface area contributed by atoms with Crippen molar-refractivity contribution in [3.63, 3.8) is 0 Å². The molecule has 0 fully saturated rings. The minimum Gasteiger partial charge on any atom is -0.332 e. The van der Waals surface area contributed by atoms with E-state index < -0.39 is 17.6 Å². The molecular weight excluding hydrogens is 407 g/mol. The summed E-state index contributed by atoms with van der Waals surface area (Å²) in [6, 6.07) is 18.2. The highest BCUT2D eigenvalue weighted by molar-refractivity contribution is 6.30. The minimum atomic E-state index is -0.488. The van der Waals surface area contributed by atoms with Gasteiger partial charge in [0.2, 0.25) is 5.91 Å². The summed E-state index contributed by atoms with van der Waals surface area (Å²) in [6.07, 6.45) is 0. The Morgan fingerprint density at radius 1 is 0.933 bits per heavy atom. The number of nitrogens with one attached hydrogen (secondary N) is 1. The van der Waals surface area contributed by atoms with Crippen molar-refractivity contribution in [1.82, 2.24) is 4.90 Å². The van der Waals surface area contributed by atoms with Crippen molar-refractivity contribution in [2.45, 2.75) is 0 Å². The Bertz CT molecular complexity index is 1100. The number of carbonyl (C=O) groups excluding carboxylic acids is 3. The molecule has 0 saturated carbocycles. The van der Waals surface area contributed by atoms with Gasteiger partial charge in [-0.15, -0.1) is 0 Å². The molecule has 2 amide bonds. The van der Waals surface area contributed by atoms with E-state index >= 15 is 0 Å². The first-order valence-electron chi connectivity index (χ1n) is 9.05. The zero-order valence-electron chi connectivity index (χ0n) is 16.1. The standard InChI is InChI=1S/C23H18ClFN2O3/c1-27(14-21(28)26-18-6-4-5-17(25)13-18)23(30)20-8-3-2-7-19(20)22(29)15-9-11-16(24)12-10-15/h2-13H,14H2,1H3,(H,26,28). The molecule has 0 aliphatic heterocycles. The molecule has 3 aromatic carbocycles. The molecule has 0 aliphatic carbocycles. The van der Waals surface area contributed by atoms with Crippen LogP contribution in [0.25, 0.3) is 0 Å². The molecule has 0 radical (unpaired) electrons. The molecular formula is C23H18ClFN2O3. The molecule has 152 valence electrons. The van der Waals surface area contributed by atoms with Gasteiger partial charge < -0.3 is 10.2 Å². The van der Waals surface area contributed by atoms with E-state index in [4.69, 9.17) is 11.6 Å². The smallest absolute Gasteiger partial charge is 0.254 e. The second kappa shape index (κ2) is 9.33. The maximum absolute atomic E-state index is 13.3. The Labute approximate surface area is 178 Å². The van der Waals surface area contributed by atoms with Gasteiger partial charge in [0.05, 0.1) is 12.1 Å². The fraction of sp³-hybridized carbons (Fsp3) is 0.0870. The van der Waals surface area contributed by atoms with Crippen molar-refractivity contribution in [1.29, 1.82) is 0 Å². The zero-order chi connectivity index (χ0) is 21.7. The van der Waals surface area contributed by atoms with Crippen LogP contribution in [0, 0.1) is 5.82 Å². The molecule has 0 heterocycles. The number of halogens is 2. The molecule has 5 nitrogen and oxygen atoms in total. The predicted octanol–water partition coefficient (Wildman–Crippen LogP) is 4.42. The number of ketones is 1. The fourth-order valence-electron chi connectivity index (χ4n) is 2.88. The Hall–Kier alpha value is -3.51. The third-order valence-electron chi connectivity index (χ3n) is 4.34. The lowest BCUT2D eigenvalue weighted by molar-refractivity contribution is -0.116. The number of anilines is 1. The van der Waals surface area contributed by atoms with Gasteiger partial charge in [-0.1, -0.05) is 35.9 Å². The van der Waals surface area contributed by atoms with Crippen LogP contribution in [0.3, 0.4) is 0 Å². The predicted molar refractivity (Wildman–Crippen MR) is 113 cm³/mol. The lowest BCUT2D eigenvalue weighted by Gasteiger charge is -2.18. The average Bonchev–Trinajstić information content (AvgIpc) is 2.73. The lowest BCUT2D eigenvalue weighted by Crippen LogP contribution is -2.35. The van der Waals surface area contributed by atoms with E-state index in [9.17, 15) is 18.8 Å². The van der Waals surface area contributed by atoms with Gasteiger partial charge in [0.1, 0.15) is 5.82 Å². The second-order valence-corrected chi connectivity index (χ2v) is 7.04. The summed E-state index contributed by atoms with van der Waals surface area (Å²) < 4.78 is 13.3. The molecule has 0 bridgehead atoms. The van der Waals surface area contributed by atoms with Gasteiger partial charge in [-0.3, -0.25) is 14.4 Å². The minimum absolute atomic E-state index is 0.179. The van der Waals surface area contributed by atoms with Crippen molar-refractivity contribution in [3.05, 3.63) is 100 Å². The SMILES string of the molecule is CN(CC(=O)Nc1cccc(F)c1)C(=O)c1ccccc1C(=O)c1ccc(Cl)cc1. The molecule has 0 unspecified atom stereocenters. The van der Waals surface area contributed by atoms with Crippen molar-refractivity contribution in [2.75, 3.05) is 18.9 Å². The number of carbonyl (C=O) groups is 3. The van der Waals surface area contributed by atoms with Gasteiger partial charge in [0, 0.05) is 28.9 Å². The Morgan fingerprint density at radius 3 is 2.27 bits per heavy atom. The summed E-state index contributed by atoms with van der Waals surface area (Å²) in [4.78, 5) is 39.2. The summed E-state index contributed by atoms with van der Waals surface area (Å²) in [5, 5.41) is 3.04. The number of nitrogens with zero attached hydrogens (tertiary/aromatic N) is 1. The van der Waals surface area contributed by atoms with Gasteiger partial charge in [-0.05, 0) is 48.5 Å². The van der Waals surface area contributed by atoms with Crippen LogP contribution in [-0.4, -0.2) is 36.1 Å². The molecule has 0 atom stereocenters. The first kappa shape index (κ1) is 21.2. The fourth-order valence-corrected chi connectivity index (χ4v) is 3.01. The van der Waals surface area contributed by atoms with Gasteiger partial charge in [0.25, 0.3) is 5.91 Å². The maximum Gasteiger partial charge on any atom is 0.254 e. The molecule has 3 aromatic rings. The molecule has 7 heteroatoms. The summed E-state index contributed by atoms with van der Waals surface area (Å²) in [5.41, 5.74) is 1.09. The first-order chi connectivity index (χ1) is 14.3. The normalized spacial score (nSPS) is 10.4. The van der Waals surface area contributed by atoms with Crippen LogP contribution in [0.15, 0.2) is 72.8 Å². The van der Waals surface area contributed by atoms with E-state index in [1.165, 1.54) is 36.2 Å². The summed E-state index contributed by atoms with van der Waals surface area (Å²) in [6.45, 7) is -0.265. The van der Waals surface area contributed by atoms with Gasteiger partial charge >= 0.3 is 0 Å². The van der Waals surface area contributed by atoms with E-state index in [0.717, 1.165) is 0 Å². The zero-order valence-corrected chi connectivity index (χ0v) is 16.8. The van der Waals surface area contributed by atoms with E-state index in [1.54, 1.807) is 48.5 Å². The molecule has 0 aliphatic rings. The van der Waals surface area contributed by atoms with E-state index in [1.807, 2.05) is 0 Å². The molecule has 30 heavy (non-hydrogen) atoms. The van der Waals surface area contributed by atoms with Crippen LogP contribution in [0.1, 0.15) is 26.3 Å². The highest BCUT2D eigenvalue weighted by atomic mass is 35.5. The Kier molecular flexibility index (Phi) is 6.59. The van der Waals surface area contributed by atoms with E-state index in [-0.39, 0.29) is 23.5 Å². The molecule has 0 saturated heterocycles. The van der Waals surface area contributed by atoms with E-state index in [0.29, 0.717) is 16.3 Å². The van der Waals surface area contributed by atoms with Gasteiger partial charge in [-0.25, -0.2) is 4.39 Å². The first-order valence-corrected chi connectivity index (χ1v) is 9.43. The Morgan fingerprint density at radius 2 is 1.60 bits per heavy atom. The largest absolute Gasteiger partial charge is 0.332 e. The van der Waals surface area contributed by atoms with Crippen molar-refractivity contribution < 1.29 is 18.8 Å². The number of benzene rings is 3. The quantitative estimate of drug-likeness (QED) is 0.595.